The Morgan fingerprint density at radius 2 is 2.50 bits per heavy atom. The van der Waals surface area contributed by atoms with Gasteiger partial charge in [-0.25, -0.2) is 0 Å². The van der Waals surface area contributed by atoms with E-state index in [4.69, 9.17) is 4.74 Å². The van der Waals surface area contributed by atoms with Crippen LogP contribution in [0.25, 0.3) is 0 Å². The van der Waals surface area contributed by atoms with Crippen molar-refractivity contribution >= 4 is 0 Å². The second-order valence-electron chi connectivity index (χ2n) is 2.02. The van der Waals surface area contributed by atoms with E-state index in [1.807, 2.05) is 18.2 Å². The van der Waals surface area contributed by atoms with Crippen molar-refractivity contribution in [1.82, 2.24) is 0 Å². The SMILES string of the molecule is C1=CC2=COCN=NC2=C1. The van der Waals surface area contributed by atoms with Crippen LogP contribution in [-0.4, -0.2) is 6.73 Å². The van der Waals surface area contributed by atoms with Crippen molar-refractivity contribution in [1.29, 1.82) is 0 Å². The third kappa shape index (κ3) is 0.757. The Balaban J connectivity index is 2.40. The van der Waals surface area contributed by atoms with Crippen LogP contribution in [0.3, 0.4) is 0 Å². The maximum absolute atomic E-state index is 4.99. The molecule has 2 aliphatic rings. The van der Waals surface area contributed by atoms with Gasteiger partial charge in [0.15, 0.2) is 6.73 Å². The van der Waals surface area contributed by atoms with E-state index in [1.165, 1.54) is 0 Å². The lowest BCUT2D eigenvalue weighted by atomic mass is 10.3. The number of fused-ring (bicyclic) bond motifs is 1. The molecule has 0 radical (unpaired) electrons. The summed E-state index contributed by atoms with van der Waals surface area (Å²) in [7, 11) is 0. The van der Waals surface area contributed by atoms with Gasteiger partial charge in [-0.1, -0.05) is 6.08 Å². The van der Waals surface area contributed by atoms with Crippen LogP contribution >= 0.6 is 0 Å². The lowest BCUT2D eigenvalue weighted by Gasteiger charge is -1.90. The molecule has 3 heteroatoms. The van der Waals surface area contributed by atoms with Crippen LogP contribution in [0, 0.1) is 0 Å². The number of azo groups is 1. The van der Waals surface area contributed by atoms with Gasteiger partial charge in [0.2, 0.25) is 0 Å². The Bertz CT molecular complexity index is 261. The number of hydrogen-bond acceptors (Lipinski definition) is 3. The zero-order chi connectivity index (χ0) is 6.81. The minimum atomic E-state index is 0.328. The molecule has 1 heterocycles. The van der Waals surface area contributed by atoms with Crippen LogP contribution in [0.1, 0.15) is 0 Å². The summed E-state index contributed by atoms with van der Waals surface area (Å²) in [6.45, 7) is 0.328. The lowest BCUT2D eigenvalue weighted by Crippen LogP contribution is -1.78. The van der Waals surface area contributed by atoms with Crippen molar-refractivity contribution in [2.24, 2.45) is 10.2 Å². The van der Waals surface area contributed by atoms with Gasteiger partial charge in [-0.05, 0) is 12.2 Å². The second kappa shape index (κ2) is 2.10. The number of nitrogens with zero attached hydrogens (tertiary/aromatic N) is 2. The fourth-order valence-corrected chi connectivity index (χ4v) is 0.881. The number of rotatable bonds is 0. The predicted molar refractivity (Wildman–Crippen MR) is 36.1 cm³/mol. The van der Waals surface area contributed by atoms with Crippen molar-refractivity contribution in [3.8, 4) is 0 Å². The lowest BCUT2D eigenvalue weighted by molar-refractivity contribution is 0.257. The van der Waals surface area contributed by atoms with E-state index in [0.717, 1.165) is 11.3 Å². The summed E-state index contributed by atoms with van der Waals surface area (Å²) < 4.78 is 4.99. The summed E-state index contributed by atoms with van der Waals surface area (Å²) in [5, 5.41) is 7.67. The van der Waals surface area contributed by atoms with Crippen LogP contribution in [0.2, 0.25) is 0 Å². The van der Waals surface area contributed by atoms with Gasteiger partial charge in [0.25, 0.3) is 0 Å². The summed E-state index contributed by atoms with van der Waals surface area (Å²) in [4.78, 5) is 0. The maximum Gasteiger partial charge on any atom is 0.198 e. The molecule has 0 saturated heterocycles. The highest BCUT2D eigenvalue weighted by atomic mass is 16.5. The summed E-state index contributed by atoms with van der Waals surface area (Å²) in [5.74, 6) is 0. The van der Waals surface area contributed by atoms with E-state index in [1.54, 1.807) is 6.26 Å². The number of hydrogen-bond donors (Lipinski definition) is 0. The van der Waals surface area contributed by atoms with E-state index in [0.29, 0.717) is 6.73 Å². The minimum Gasteiger partial charge on any atom is -0.476 e. The van der Waals surface area contributed by atoms with Crippen molar-refractivity contribution in [3.63, 3.8) is 0 Å². The molecule has 0 saturated carbocycles. The van der Waals surface area contributed by atoms with E-state index in [-0.39, 0.29) is 0 Å². The molecule has 3 nitrogen and oxygen atoms in total. The summed E-state index contributed by atoms with van der Waals surface area (Å²) in [5.41, 5.74) is 1.89. The van der Waals surface area contributed by atoms with Crippen molar-refractivity contribution in [2.45, 2.75) is 0 Å². The Hall–Kier alpha value is -1.38. The Kier molecular flexibility index (Phi) is 1.13. The van der Waals surface area contributed by atoms with Gasteiger partial charge in [-0.15, -0.1) is 5.11 Å². The number of allylic oxidation sites excluding steroid dienone is 3. The molecule has 0 aromatic heterocycles. The molecule has 0 amide bonds. The summed E-state index contributed by atoms with van der Waals surface area (Å²) in [6.07, 6.45) is 7.45. The van der Waals surface area contributed by atoms with Gasteiger partial charge < -0.3 is 4.74 Å². The normalized spacial score (nSPS) is 20.8. The van der Waals surface area contributed by atoms with Crippen molar-refractivity contribution in [2.75, 3.05) is 6.73 Å². The highest BCUT2D eigenvalue weighted by molar-refractivity contribution is 5.46. The third-order valence-electron chi connectivity index (χ3n) is 1.35. The fourth-order valence-electron chi connectivity index (χ4n) is 0.881. The average molecular weight is 134 g/mol. The van der Waals surface area contributed by atoms with Gasteiger partial charge >= 0.3 is 0 Å². The molecule has 2 rings (SSSR count). The zero-order valence-corrected chi connectivity index (χ0v) is 5.32. The quantitative estimate of drug-likeness (QED) is 0.497. The molecule has 0 fully saturated rings. The molecule has 0 aromatic rings. The van der Waals surface area contributed by atoms with Crippen LogP contribution in [0.5, 0.6) is 0 Å². The van der Waals surface area contributed by atoms with Gasteiger partial charge in [0.05, 0.1) is 12.0 Å². The Labute approximate surface area is 58.4 Å². The van der Waals surface area contributed by atoms with Crippen molar-refractivity contribution < 1.29 is 4.74 Å². The highest BCUT2D eigenvalue weighted by Crippen LogP contribution is 2.21. The first-order chi connectivity index (χ1) is 4.97. The Morgan fingerprint density at radius 3 is 3.50 bits per heavy atom. The largest absolute Gasteiger partial charge is 0.476 e. The third-order valence-corrected chi connectivity index (χ3v) is 1.35. The molecular formula is C7H6N2O. The van der Waals surface area contributed by atoms with Gasteiger partial charge in [-0.3, -0.25) is 0 Å². The van der Waals surface area contributed by atoms with Gasteiger partial charge in [-0.2, -0.15) is 5.11 Å². The predicted octanol–water partition coefficient (Wildman–Crippen LogP) is 1.76. The summed E-state index contributed by atoms with van der Waals surface area (Å²) >= 11 is 0. The first kappa shape index (κ1) is 5.41. The molecule has 0 aromatic carbocycles. The molecule has 50 valence electrons. The van der Waals surface area contributed by atoms with Crippen LogP contribution in [0.4, 0.5) is 0 Å². The standard InChI is InChI=1S/C7H6N2O/c1-2-6-4-10-5-8-9-7(6)3-1/h1-4H,5H2. The highest BCUT2D eigenvalue weighted by Gasteiger charge is 2.07. The van der Waals surface area contributed by atoms with Crippen molar-refractivity contribution in [3.05, 3.63) is 35.8 Å². The molecule has 10 heavy (non-hydrogen) atoms. The summed E-state index contributed by atoms with van der Waals surface area (Å²) in [6, 6.07) is 0. The smallest absolute Gasteiger partial charge is 0.198 e. The van der Waals surface area contributed by atoms with Crippen LogP contribution in [-0.2, 0) is 4.74 Å². The molecule has 1 aliphatic heterocycles. The van der Waals surface area contributed by atoms with Crippen LogP contribution in [0.15, 0.2) is 46.0 Å². The first-order valence-electron chi connectivity index (χ1n) is 3.05. The molecule has 0 unspecified atom stereocenters. The maximum atomic E-state index is 4.99. The van der Waals surface area contributed by atoms with E-state index < -0.39 is 0 Å². The van der Waals surface area contributed by atoms with E-state index >= 15 is 0 Å². The topological polar surface area (TPSA) is 34.0 Å². The van der Waals surface area contributed by atoms with Gasteiger partial charge in [0.1, 0.15) is 0 Å². The monoisotopic (exact) mass is 134 g/mol. The second-order valence-corrected chi connectivity index (χ2v) is 2.02. The first-order valence-corrected chi connectivity index (χ1v) is 3.05. The molecule has 0 N–H and O–H groups in total. The molecule has 0 atom stereocenters. The average Bonchev–Trinajstić information content (AvgIpc) is 2.28. The molecule has 0 spiro atoms. The molecular weight excluding hydrogens is 128 g/mol. The molecule has 1 aliphatic carbocycles. The number of ether oxygens (including phenoxy) is 1. The van der Waals surface area contributed by atoms with Crippen LogP contribution < -0.4 is 0 Å². The van der Waals surface area contributed by atoms with Gasteiger partial charge in [0, 0.05) is 5.57 Å². The zero-order valence-electron chi connectivity index (χ0n) is 5.32. The minimum absolute atomic E-state index is 0.328. The Morgan fingerprint density at radius 1 is 1.50 bits per heavy atom. The molecule has 0 bridgehead atoms. The fraction of sp³-hybridized carbons (Fsp3) is 0.143. The van der Waals surface area contributed by atoms with E-state index in [2.05, 4.69) is 10.2 Å². The van der Waals surface area contributed by atoms with E-state index in [9.17, 15) is 0 Å².